The largest absolute Gasteiger partial charge is 0.271 e. The van der Waals surface area contributed by atoms with Gasteiger partial charge in [-0.1, -0.05) is 49.7 Å². The maximum absolute atomic E-state index is 12.9. The number of halogens is 1. The minimum atomic E-state index is -3.78. The zero-order chi connectivity index (χ0) is 21.0. The van der Waals surface area contributed by atoms with E-state index < -0.39 is 22.0 Å². The highest BCUT2D eigenvalue weighted by molar-refractivity contribution is 7.89. The van der Waals surface area contributed by atoms with Crippen LogP contribution in [0.25, 0.3) is 0 Å². The summed E-state index contributed by atoms with van der Waals surface area (Å²) in [5, 5.41) is 4.45. The maximum atomic E-state index is 12.9. The van der Waals surface area contributed by atoms with Crippen molar-refractivity contribution < 1.29 is 13.2 Å². The van der Waals surface area contributed by atoms with Gasteiger partial charge in [-0.3, -0.25) is 4.79 Å². The van der Waals surface area contributed by atoms with Crippen molar-refractivity contribution in [2.45, 2.75) is 43.5 Å². The van der Waals surface area contributed by atoms with Gasteiger partial charge < -0.3 is 0 Å². The summed E-state index contributed by atoms with van der Waals surface area (Å²) in [5.74, 6) is 0.00622. The molecule has 0 radical (unpaired) electrons. The van der Waals surface area contributed by atoms with Gasteiger partial charge >= 0.3 is 0 Å². The Morgan fingerprint density at radius 2 is 1.83 bits per heavy atom. The van der Waals surface area contributed by atoms with Crippen LogP contribution in [0.3, 0.4) is 0 Å². The number of nitrogens with one attached hydrogen (secondary N) is 1. The van der Waals surface area contributed by atoms with Crippen LogP contribution in [0.2, 0.25) is 5.02 Å². The summed E-state index contributed by atoms with van der Waals surface area (Å²) in [6.45, 7) is 4.53. The van der Waals surface area contributed by atoms with E-state index in [1.807, 2.05) is 24.3 Å². The van der Waals surface area contributed by atoms with Gasteiger partial charge in [-0.2, -0.15) is 9.41 Å². The van der Waals surface area contributed by atoms with Crippen molar-refractivity contribution in [3.8, 4) is 0 Å². The van der Waals surface area contributed by atoms with Crippen LogP contribution in [-0.2, 0) is 14.8 Å². The van der Waals surface area contributed by atoms with Crippen LogP contribution in [0.1, 0.15) is 43.7 Å². The van der Waals surface area contributed by atoms with E-state index in [1.165, 1.54) is 34.1 Å². The quantitative estimate of drug-likeness (QED) is 0.556. The summed E-state index contributed by atoms with van der Waals surface area (Å²) in [5.41, 5.74) is 4.55. The van der Waals surface area contributed by atoms with Crippen molar-refractivity contribution >= 4 is 33.7 Å². The first-order valence-corrected chi connectivity index (χ1v) is 11.3. The number of carbonyl (C=O) groups is 1. The highest BCUT2D eigenvalue weighted by Gasteiger charge is 2.39. The molecule has 1 aliphatic rings. The number of benzene rings is 2. The van der Waals surface area contributed by atoms with E-state index in [1.54, 1.807) is 6.21 Å². The third-order valence-electron chi connectivity index (χ3n) is 4.92. The molecule has 1 fully saturated rings. The average molecular weight is 434 g/mol. The molecule has 1 N–H and O–H groups in total. The molecule has 2 aromatic carbocycles. The summed E-state index contributed by atoms with van der Waals surface area (Å²) in [7, 11) is -3.78. The Kier molecular flexibility index (Phi) is 6.72. The summed E-state index contributed by atoms with van der Waals surface area (Å²) >= 11 is 5.84. The molecular formula is C21H24ClN3O3S. The van der Waals surface area contributed by atoms with Crippen molar-refractivity contribution in [1.82, 2.24) is 9.73 Å². The lowest BCUT2D eigenvalue weighted by atomic mass is 10.0. The minimum absolute atomic E-state index is 0.121. The molecule has 0 bridgehead atoms. The summed E-state index contributed by atoms with van der Waals surface area (Å²) < 4.78 is 27.0. The maximum Gasteiger partial charge on any atom is 0.258 e. The fourth-order valence-corrected chi connectivity index (χ4v) is 5.03. The first-order valence-electron chi connectivity index (χ1n) is 9.49. The second kappa shape index (κ2) is 9.07. The number of nitrogens with zero attached hydrogens (tertiary/aromatic N) is 2. The lowest BCUT2D eigenvalue weighted by Gasteiger charge is -2.22. The molecule has 0 saturated carbocycles. The molecule has 154 valence electrons. The smallest absolute Gasteiger partial charge is 0.258 e. The monoisotopic (exact) mass is 433 g/mol. The number of hydrogen-bond acceptors (Lipinski definition) is 4. The van der Waals surface area contributed by atoms with Crippen molar-refractivity contribution in [3.63, 3.8) is 0 Å². The van der Waals surface area contributed by atoms with Gasteiger partial charge in [0.1, 0.15) is 6.04 Å². The van der Waals surface area contributed by atoms with E-state index in [-0.39, 0.29) is 4.90 Å². The van der Waals surface area contributed by atoms with Gasteiger partial charge in [0.25, 0.3) is 5.91 Å². The van der Waals surface area contributed by atoms with Gasteiger partial charge in [-0.15, -0.1) is 0 Å². The lowest BCUT2D eigenvalue weighted by molar-refractivity contribution is -0.124. The Labute approximate surface area is 176 Å². The second-order valence-corrected chi connectivity index (χ2v) is 9.61. The van der Waals surface area contributed by atoms with Crippen LogP contribution in [0, 0.1) is 0 Å². The lowest BCUT2D eigenvalue weighted by Crippen LogP contribution is -2.44. The third kappa shape index (κ3) is 5.04. The van der Waals surface area contributed by atoms with Gasteiger partial charge in [-0.05, 0) is 54.2 Å². The van der Waals surface area contributed by atoms with E-state index in [9.17, 15) is 13.2 Å². The molecule has 1 amide bonds. The van der Waals surface area contributed by atoms with E-state index in [4.69, 9.17) is 11.6 Å². The molecule has 1 heterocycles. The molecule has 6 nitrogen and oxygen atoms in total. The standard InChI is InChI=1S/C21H24ClN3O3S/c1-15(2)17-7-5-16(6-8-17)14-23-24-21(26)20-4-3-13-25(20)29(27,28)19-11-9-18(22)10-12-19/h5-12,14-15,20H,3-4,13H2,1-2H3,(H,24,26)/b23-14-/t20-/m0/s1. The molecule has 1 aliphatic heterocycles. The SMILES string of the molecule is CC(C)c1ccc(/C=N\NC(=O)[C@@H]2CCCN2S(=O)(=O)c2ccc(Cl)cc2)cc1. The van der Waals surface area contributed by atoms with Crippen molar-refractivity contribution in [1.29, 1.82) is 0 Å². The topological polar surface area (TPSA) is 78.8 Å². The highest BCUT2D eigenvalue weighted by Crippen LogP contribution is 2.27. The van der Waals surface area contributed by atoms with Crippen molar-refractivity contribution in [3.05, 3.63) is 64.7 Å². The molecular weight excluding hydrogens is 410 g/mol. The van der Waals surface area contributed by atoms with Gasteiger partial charge in [-0.25, -0.2) is 13.8 Å². The summed E-state index contributed by atoms with van der Waals surface area (Å²) in [4.78, 5) is 12.7. The van der Waals surface area contributed by atoms with Crippen LogP contribution in [0.15, 0.2) is 58.5 Å². The number of amides is 1. The number of carbonyl (C=O) groups excluding carboxylic acids is 1. The Balaban J connectivity index is 1.67. The fraction of sp³-hybridized carbons (Fsp3) is 0.333. The van der Waals surface area contributed by atoms with Gasteiger partial charge in [0.2, 0.25) is 10.0 Å². The van der Waals surface area contributed by atoms with E-state index in [0.29, 0.717) is 30.3 Å². The number of hydrazone groups is 1. The molecule has 0 spiro atoms. The van der Waals surface area contributed by atoms with Crippen LogP contribution in [-0.4, -0.2) is 37.4 Å². The van der Waals surface area contributed by atoms with Crippen LogP contribution in [0.5, 0.6) is 0 Å². The van der Waals surface area contributed by atoms with Crippen molar-refractivity contribution in [2.75, 3.05) is 6.54 Å². The zero-order valence-corrected chi connectivity index (χ0v) is 17.9. The van der Waals surface area contributed by atoms with Gasteiger partial charge in [0.15, 0.2) is 0 Å². The second-order valence-electron chi connectivity index (χ2n) is 7.28. The Bertz CT molecular complexity index is 987. The van der Waals surface area contributed by atoms with E-state index >= 15 is 0 Å². The van der Waals surface area contributed by atoms with Gasteiger partial charge in [0.05, 0.1) is 11.1 Å². The van der Waals surface area contributed by atoms with Crippen LogP contribution < -0.4 is 5.43 Å². The van der Waals surface area contributed by atoms with Crippen LogP contribution >= 0.6 is 11.6 Å². The molecule has 1 atom stereocenters. The molecule has 3 rings (SSSR count). The third-order valence-corrected chi connectivity index (χ3v) is 7.09. The van der Waals surface area contributed by atoms with E-state index in [2.05, 4.69) is 24.4 Å². The summed E-state index contributed by atoms with van der Waals surface area (Å²) in [6.07, 6.45) is 2.62. The minimum Gasteiger partial charge on any atom is -0.271 e. The van der Waals surface area contributed by atoms with Crippen LogP contribution in [0.4, 0.5) is 0 Å². The normalized spacial score (nSPS) is 17.9. The Morgan fingerprint density at radius 3 is 2.45 bits per heavy atom. The summed E-state index contributed by atoms with van der Waals surface area (Å²) in [6, 6.07) is 13.1. The van der Waals surface area contributed by atoms with E-state index in [0.717, 1.165) is 5.56 Å². The molecule has 29 heavy (non-hydrogen) atoms. The molecule has 8 heteroatoms. The molecule has 0 unspecified atom stereocenters. The number of hydrogen-bond donors (Lipinski definition) is 1. The van der Waals surface area contributed by atoms with Gasteiger partial charge in [0, 0.05) is 11.6 Å². The zero-order valence-electron chi connectivity index (χ0n) is 16.4. The fourth-order valence-electron chi connectivity index (χ4n) is 3.24. The molecule has 0 aliphatic carbocycles. The number of sulfonamides is 1. The predicted molar refractivity (Wildman–Crippen MR) is 115 cm³/mol. The Hall–Kier alpha value is -2.22. The Morgan fingerprint density at radius 1 is 1.17 bits per heavy atom. The first kappa shape index (κ1) is 21.5. The molecule has 1 saturated heterocycles. The van der Waals surface area contributed by atoms with Crippen molar-refractivity contribution in [2.24, 2.45) is 5.10 Å². The average Bonchev–Trinajstić information content (AvgIpc) is 3.19. The first-order chi connectivity index (χ1) is 13.8. The highest BCUT2D eigenvalue weighted by atomic mass is 35.5. The number of rotatable bonds is 6. The predicted octanol–water partition coefficient (Wildman–Crippen LogP) is 3.77. The molecule has 0 aromatic heterocycles. The molecule has 2 aromatic rings.